The van der Waals surface area contributed by atoms with Crippen molar-refractivity contribution in [1.82, 2.24) is 0 Å². The molecule has 1 aliphatic heterocycles. The molecule has 0 aliphatic carbocycles. The van der Waals surface area contributed by atoms with Crippen molar-refractivity contribution in [2.24, 2.45) is 0 Å². The Morgan fingerprint density at radius 2 is 1.81 bits per heavy atom. The van der Waals surface area contributed by atoms with Crippen molar-refractivity contribution in [2.75, 3.05) is 13.2 Å². The molecule has 0 saturated heterocycles. The fourth-order valence-corrected chi connectivity index (χ4v) is 2.86. The lowest BCUT2D eigenvalue weighted by atomic mass is 10.0. The summed E-state index contributed by atoms with van der Waals surface area (Å²) in [7, 11) is 0. The van der Waals surface area contributed by atoms with Crippen molar-refractivity contribution in [3.8, 4) is 11.5 Å². The average molecular weight is 398 g/mol. The molecule has 21 heavy (non-hydrogen) atoms. The van der Waals surface area contributed by atoms with E-state index in [-0.39, 0.29) is 11.6 Å². The maximum atomic E-state index is 13.1. The molecule has 2 aromatic rings. The number of carbonyl (C=O) groups excluding carboxylic acids is 1. The Balaban J connectivity index is 1.96. The Hall–Kier alpha value is -1.63. The zero-order valence-corrected chi connectivity index (χ0v) is 13.2. The quantitative estimate of drug-likeness (QED) is 0.570. The SMILES string of the molecule is O=C(c1ccc2c(c1)OCCCO2)c1ccc(F)cc1I. The molecule has 0 N–H and O–H groups in total. The minimum atomic E-state index is -0.352. The van der Waals surface area contributed by atoms with Crippen molar-refractivity contribution < 1.29 is 18.7 Å². The zero-order valence-electron chi connectivity index (χ0n) is 11.1. The Bertz CT molecular complexity index is 700. The molecule has 5 heteroatoms. The second kappa shape index (κ2) is 6.01. The predicted molar refractivity (Wildman–Crippen MR) is 84.6 cm³/mol. The van der Waals surface area contributed by atoms with Gasteiger partial charge in [-0.1, -0.05) is 0 Å². The molecule has 3 rings (SSSR count). The second-order valence-electron chi connectivity index (χ2n) is 4.67. The number of carbonyl (C=O) groups is 1. The van der Waals surface area contributed by atoms with Gasteiger partial charge < -0.3 is 9.47 Å². The number of halogens is 2. The zero-order chi connectivity index (χ0) is 14.8. The third-order valence-corrected chi connectivity index (χ3v) is 4.08. The van der Waals surface area contributed by atoms with Gasteiger partial charge >= 0.3 is 0 Å². The highest BCUT2D eigenvalue weighted by Crippen LogP contribution is 2.31. The summed E-state index contributed by atoms with van der Waals surface area (Å²) < 4.78 is 24.8. The van der Waals surface area contributed by atoms with Crippen LogP contribution in [0.5, 0.6) is 11.5 Å². The maximum absolute atomic E-state index is 13.1. The van der Waals surface area contributed by atoms with E-state index in [0.717, 1.165) is 6.42 Å². The Morgan fingerprint density at radius 3 is 2.57 bits per heavy atom. The second-order valence-corrected chi connectivity index (χ2v) is 5.83. The van der Waals surface area contributed by atoms with Crippen molar-refractivity contribution >= 4 is 28.4 Å². The van der Waals surface area contributed by atoms with E-state index in [1.165, 1.54) is 18.2 Å². The van der Waals surface area contributed by atoms with Gasteiger partial charge in [-0.25, -0.2) is 4.39 Å². The van der Waals surface area contributed by atoms with Crippen LogP contribution in [0.2, 0.25) is 0 Å². The van der Waals surface area contributed by atoms with Crippen molar-refractivity contribution in [3.63, 3.8) is 0 Å². The van der Waals surface area contributed by atoms with Crippen LogP contribution in [0, 0.1) is 9.39 Å². The van der Waals surface area contributed by atoms with Crippen LogP contribution in [0.1, 0.15) is 22.3 Å². The number of ketones is 1. The van der Waals surface area contributed by atoms with Crippen molar-refractivity contribution in [3.05, 3.63) is 56.9 Å². The summed E-state index contributed by atoms with van der Waals surface area (Å²) in [6.07, 6.45) is 0.813. The summed E-state index contributed by atoms with van der Waals surface area (Å²) in [6.45, 7) is 1.18. The minimum absolute atomic E-state index is 0.157. The summed E-state index contributed by atoms with van der Waals surface area (Å²) in [4.78, 5) is 12.5. The van der Waals surface area contributed by atoms with Gasteiger partial charge in [-0.15, -0.1) is 0 Å². The predicted octanol–water partition coefficient (Wildman–Crippen LogP) is 3.82. The highest BCUT2D eigenvalue weighted by molar-refractivity contribution is 14.1. The van der Waals surface area contributed by atoms with Crippen LogP contribution in [0.25, 0.3) is 0 Å². The molecule has 0 bridgehead atoms. The molecule has 2 aromatic carbocycles. The number of rotatable bonds is 2. The number of benzene rings is 2. The molecule has 1 aliphatic rings. The van der Waals surface area contributed by atoms with Crippen LogP contribution in [0.15, 0.2) is 36.4 Å². The van der Waals surface area contributed by atoms with E-state index in [2.05, 4.69) is 0 Å². The van der Waals surface area contributed by atoms with Gasteiger partial charge in [-0.2, -0.15) is 0 Å². The first-order valence-corrected chi connectivity index (χ1v) is 7.62. The molecular formula is C16H12FIO3. The summed E-state index contributed by atoms with van der Waals surface area (Å²) >= 11 is 1.96. The largest absolute Gasteiger partial charge is 0.490 e. The summed E-state index contributed by atoms with van der Waals surface area (Å²) in [5, 5.41) is 0. The van der Waals surface area contributed by atoms with Crippen LogP contribution >= 0.6 is 22.6 Å². The number of hydrogen-bond acceptors (Lipinski definition) is 3. The summed E-state index contributed by atoms with van der Waals surface area (Å²) in [6, 6.07) is 9.26. The van der Waals surface area contributed by atoms with Gasteiger partial charge in [0, 0.05) is 21.1 Å². The van der Waals surface area contributed by atoms with Crippen molar-refractivity contribution in [1.29, 1.82) is 0 Å². The van der Waals surface area contributed by atoms with E-state index < -0.39 is 0 Å². The lowest BCUT2D eigenvalue weighted by Gasteiger charge is -2.09. The third-order valence-electron chi connectivity index (χ3n) is 3.19. The van der Waals surface area contributed by atoms with Gasteiger partial charge in [0.15, 0.2) is 17.3 Å². The van der Waals surface area contributed by atoms with E-state index in [9.17, 15) is 9.18 Å². The first-order chi connectivity index (χ1) is 10.1. The molecule has 0 spiro atoms. The monoisotopic (exact) mass is 398 g/mol. The average Bonchev–Trinajstić information content (AvgIpc) is 2.71. The molecule has 0 aromatic heterocycles. The molecule has 108 valence electrons. The molecule has 0 radical (unpaired) electrons. The van der Waals surface area contributed by atoms with Crippen LogP contribution < -0.4 is 9.47 Å². The van der Waals surface area contributed by atoms with E-state index in [0.29, 0.717) is 39.4 Å². The maximum Gasteiger partial charge on any atom is 0.194 e. The molecule has 0 fully saturated rings. The minimum Gasteiger partial charge on any atom is -0.490 e. The lowest BCUT2D eigenvalue weighted by Crippen LogP contribution is -2.05. The van der Waals surface area contributed by atoms with Crippen LogP contribution in [0.3, 0.4) is 0 Å². The normalized spacial score (nSPS) is 13.6. The van der Waals surface area contributed by atoms with E-state index in [1.807, 2.05) is 22.6 Å². The molecule has 0 saturated carbocycles. The van der Waals surface area contributed by atoms with Gasteiger partial charge in [0.25, 0.3) is 0 Å². The summed E-state index contributed by atoms with van der Waals surface area (Å²) in [5.74, 6) is 0.720. The smallest absolute Gasteiger partial charge is 0.194 e. The topological polar surface area (TPSA) is 35.5 Å². The fourth-order valence-electron chi connectivity index (χ4n) is 2.13. The standard InChI is InChI=1S/C16H12FIO3/c17-11-3-4-12(13(18)9-11)16(19)10-2-5-14-15(8-10)21-7-1-6-20-14/h2-5,8-9H,1,6-7H2. The first kappa shape index (κ1) is 14.3. The van der Waals surface area contributed by atoms with E-state index in [4.69, 9.17) is 9.47 Å². The molecule has 0 unspecified atom stereocenters. The Morgan fingerprint density at radius 1 is 1.05 bits per heavy atom. The lowest BCUT2D eigenvalue weighted by molar-refractivity contribution is 0.103. The van der Waals surface area contributed by atoms with Gasteiger partial charge in [-0.05, 0) is 59.0 Å². The van der Waals surface area contributed by atoms with Crippen LogP contribution in [0.4, 0.5) is 4.39 Å². The highest BCUT2D eigenvalue weighted by Gasteiger charge is 2.17. The first-order valence-electron chi connectivity index (χ1n) is 6.54. The molecule has 0 atom stereocenters. The van der Waals surface area contributed by atoms with Gasteiger partial charge in [0.2, 0.25) is 0 Å². The molecular weight excluding hydrogens is 386 g/mol. The molecule has 0 amide bonds. The number of hydrogen-bond donors (Lipinski definition) is 0. The highest BCUT2D eigenvalue weighted by atomic mass is 127. The Kier molecular flexibility index (Phi) is 4.10. The fraction of sp³-hybridized carbons (Fsp3) is 0.188. The Labute approximate surface area is 135 Å². The van der Waals surface area contributed by atoms with Gasteiger partial charge in [0.05, 0.1) is 13.2 Å². The molecule has 1 heterocycles. The number of ether oxygens (including phenoxy) is 2. The third kappa shape index (κ3) is 3.02. The van der Waals surface area contributed by atoms with E-state index >= 15 is 0 Å². The summed E-state index contributed by atoms with van der Waals surface area (Å²) in [5.41, 5.74) is 0.982. The van der Waals surface area contributed by atoms with Gasteiger partial charge in [-0.3, -0.25) is 4.79 Å². The van der Waals surface area contributed by atoms with Gasteiger partial charge in [0.1, 0.15) is 5.82 Å². The van der Waals surface area contributed by atoms with Crippen LogP contribution in [-0.2, 0) is 0 Å². The van der Waals surface area contributed by atoms with Crippen molar-refractivity contribution in [2.45, 2.75) is 6.42 Å². The van der Waals surface area contributed by atoms with E-state index in [1.54, 1.807) is 18.2 Å². The molecule has 3 nitrogen and oxygen atoms in total. The number of fused-ring (bicyclic) bond motifs is 1. The van der Waals surface area contributed by atoms with Crippen LogP contribution in [-0.4, -0.2) is 19.0 Å².